The van der Waals surface area contributed by atoms with Crippen molar-refractivity contribution in [3.05, 3.63) is 0 Å². The lowest BCUT2D eigenvalue weighted by molar-refractivity contribution is -0.135. The molecule has 0 spiro atoms. The van der Waals surface area contributed by atoms with Gasteiger partial charge in [0.1, 0.15) is 13.1 Å². The molecule has 2 heterocycles. The lowest BCUT2D eigenvalue weighted by Crippen LogP contribution is -2.52. The monoisotopic (exact) mass is 268 g/mol. The van der Waals surface area contributed by atoms with Gasteiger partial charge in [-0.1, -0.05) is 6.92 Å². The first-order valence-corrected chi connectivity index (χ1v) is 6.59. The Morgan fingerprint density at radius 1 is 1.47 bits per heavy atom. The van der Waals surface area contributed by atoms with Gasteiger partial charge in [0.15, 0.2) is 0 Å². The molecule has 2 aliphatic rings. The predicted octanol–water partition coefficient (Wildman–Crippen LogP) is -0.876. The van der Waals surface area contributed by atoms with Crippen LogP contribution in [0.4, 0.5) is 4.79 Å². The minimum atomic E-state index is -0.493. The lowest BCUT2D eigenvalue weighted by atomic mass is 9.92. The third-order valence-electron chi connectivity index (χ3n) is 3.76. The van der Waals surface area contributed by atoms with Gasteiger partial charge in [-0.05, 0) is 18.8 Å². The third-order valence-corrected chi connectivity index (χ3v) is 3.76. The summed E-state index contributed by atoms with van der Waals surface area (Å²) in [5.41, 5.74) is 5.71. The Bertz CT molecular complexity index is 398. The zero-order valence-electron chi connectivity index (χ0n) is 11.1. The van der Waals surface area contributed by atoms with Crippen molar-refractivity contribution in [3.63, 3.8) is 0 Å². The Morgan fingerprint density at radius 2 is 2.21 bits per heavy atom. The highest BCUT2D eigenvalue weighted by atomic mass is 16.2. The average Bonchev–Trinajstić information content (AvgIpc) is 2.67. The first kappa shape index (κ1) is 13.8. The quantitative estimate of drug-likeness (QED) is 0.650. The molecule has 0 saturated carbocycles. The van der Waals surface area contributed by atoms with E-state index >= 15 is 0 Å². The van der Waals surface area contributed by atoms with E-state index in [4.69, 9.17) is 5.73 Å². The van der Waals surface area contributed by atoms with Crippen molar-refractivity contribution in [2.24, 2.45) is 11.7 Å². The Morgan fingerprint density at radius 3 is 2.79 bits per heavy atom. The third kappa shape index (κ3) is 3.04. The Labute approximate surface area is 112 Å². The van der Waals surface area contributed by atoms with Crippen LogP contribution in [0.25, 0.3) is 0 Å². The Balaban J connectivity index is 1.95. The van der Waals surface area contributed by atoms with Crippen LogP contribution in [0.15, 0.2) is 0 Å². The molecule has 7 nitrogen and oxygen atoms in total. The zero-order valence-corrected chi connectivity index (χ0v) is 11.1. The molecule has 2 saturated heterocycles. The summed E-state index contributed by atoms with van der Waals surface area (Å²) in [7, 11) is 0. The molecule has 19 heavy (non-hydrogen) atoms. The van der Waals surface area contributed by atoms with Crippen LogP contribution in [-0.4, -0.2) is 59.9 Å². The molecule has 0 radical (unpaired) electrons. The van der Waals surface area contributed by atoms with E-state index in [-0.39, 0.29) is 30.9 Å². The average molecular weight is 268 g/mol. The summed E-state index contributed by atoms with van der Waals surface area (Å²) in [6, 6.07) is -0.453. The molecule has 0 aromatic carbocycles. The normalized spacial score (nSPS) is 27.7. The van der Waals surface area contributed by atoms with Crippen LogP contribution in [-0.2, 0) is 9.59 Å². The van der Waals surface area contributed by atoms with Crippen LogP contribution >= 0.6 is 0 Å². The first-order chi connectivity index (χ1) is 9.01. The summed E-state index contributed by atoms with van der Waals surface area (Å²) < 4.78 is 0. The standard InChI is InChI=1S/C12H20N4O3/c1-8-2-3-16(9(4-8)5-13)11(18)7-15-6-10(17)14-12(15)19/h8-9H,2-7,13H2,1H3,(H,14,17,19). The number of hydrogen-bond acceptors (Lipinski definition) is 4. The van der Waals surface area contributed by atoms with Crippen LogP contribution in [0.1, 0.15) is 19.8 Å². The predicted molar refractivity (Wildman–Crippen MR) is 68.1 cm³/mol. The van der Waals surface area contributed by atoms with Crippen molar-refractivity contribution in [1.29, 1.82) is 0 Å². The maximum Gasteiger partial charge on any atom is 0.325 e. The molecule has 2 unspecified atom stereocenters. The summed E-state index contributed by atoms with van der Waals surface area (Å²) in [5.74, 6) is 0.0712. The maximum atomic E-state index is 12.2. The van der Waals surface area contributed by atoms with Crippen molar-refractivity contribution in [2.75, 3.05) is 26.2 Å². The number of nitrogens with zero attached hydrogens (tertiary/aromatic N) is 2. The smallest absolute Gasteiger partial charge is 0.325 e. The van der Waals surface area contributed by atoms with Crippen molar-refractivity contribution in [1.82, 2.24) is 15.1 Å². The van der Waals surface area contributed by atoms with Crippen LogP contribution in [0.5, 0.6) is 0 Å². The number of carbonyl (C=O) groups is 3. The molecule has 4 amide bonds. The van der Waals surface area contributed by atoms with Crippen molar-refractivity contribution < 1.29 is 14.4 Å². The van der Waals surface area contributed by atoms with Crippen molar-refractivity contribution in [2.45, 2.75) is 25.8 Å². The van der Waals surface area contributed by atoms with Crippen LogP contribution in [0, 0.1) is 5.92 Å². The molecule has 3 N–H and O–H groups in total. The van der Waals surface area contributed by atoms with Crippen LogP contribution in [0.3, 0.4) is 0 Å². The van der Waals surface area contributed by atoms with E-state index in [0.29, 0.717) is 19.0 Å². The number of hydrogen-bond donors (Lipinski definition) is 2. The number of urea groups is 1. The number of carbonyl (C=O) groups excluding carboxylic acids is 3. The number of amides is 4. The molecular weight excluding hydrogens is 248 g/mol. The van der Waals surface area contributed by atoms with Gasteiger partial charge in [-0.25, -0.2) is 4.79 Å². The summed E-state index contributed by atoms with van der Waals surface area (Å²) in [6.07, 6.45) is 1.85. The van der Waals surface area contributed by atoms with Gasteiger partial charge in [-0.3, -0.25) is 14.9 Å². The zero-order chi connectivity index (χ0) is 14.0. The van der Waals surface area contributed by atoms with Gasteiger partial charge in [0.25, 0.3) is 0 Å². The SMILES string of the molecule is CC1CCN(C(=O)CN2CC(=O)NC2=O)C(CN)C1. The highest BCUT2D eigenvalue weighted by molar-refractivity contribution is 6.03. The molecule has 7 heteroatoms. The van der Waals surface area contributed by atoms with E-state index in [2.05, 4.69) is 12.2 Å². The van der Waals surface area contributed by atoms with Crippen molar-refractivity contribution >= 4 is 17.8 Å². The largest absolute Gasteiger partial charge is 0.337 e. The molecule has 106 valence electrons. The number of likely N-dealkylation sites (tertiary alicyclic amines) is 1. The molecule has 0 aromatic heterocycles. The Hall–Kier alpha value is -1.63. The van der Waals surface area contributed by atoms with Gasteiger partial charge in [0.2, 0.25) is 11.8 Å². The molecule has 2 aliphatic heterocycles. The fourth-order valence-corrected chi connectivity index (χ4v) is 2.67. The summed E-state index contributed by atoms with van der Waals surface area (Å²) in [4.78, 5) is 37.7. The van der Waals surface area contributed by atoms with Crippen LogP contribution < -0.4 is 11.1 Å². The molecule has 2 atom stereocenters. The van der Waals surface area contributed by atoms with Gasteiger partial charge in [0, 0.05) is 19.1 Å². The van der Waals surface area contributed by atoms with Gasteiger partial charge < -0.3 is 15.5 Å². The summed E-state index contributed by atoms with van der Waals surface area (Å²) >= 11 is 0. The highest BCUT2D eigenvalue weighted by Gasteiger charge is 2.33. The van der Waals surface area contributed by atoms with Crippen LogP contribution in [0.2, 0.25) is 0 Å². The van der Waals surface area contributed by atoms with E-state index in [9.17, 15) is 14.4 Å². The topological polar surface area (TPSA) is 95.7 Å². The van der Waals surface area contributed by atoms with E-state index in [1.807, 2.05) is 0 Å². The first-order valence-electron chi connectivity index (χ1n) is 6.59. The van der Waals surface area contributed by atoms with Gasteiger partial charge in [0.05, 0.1) is 0 Å². The molecule has 0 aromatic rings. The fourth-order valence-electron chi connectivity index (χ4n) is 2.67. The summed E-state index contributed by atoms with van der Waals surface area (Å²) in [5, 5.41) is 2.16. The van der Waals surface area contributed by atoms with E-state index in [0.717, 1.165) is 12.8 Å². The summed E-state index contributed by atoms with van der Waals surface area (Å²) in [6.45, 7) is 3.16. The molecule has 2 fully saturated rings. The highest BCUT2D eigenvalue weighted by Crippen LogP contribution is 2.22. The second-order valence-electron chi connectivity index (χ2n) is 5.32. The van der Waals surface area contributed by atoms with Crippen molar-refractivity contribution in [3.8, 4) is 0 Å². The minimum absolute atomic E-state index is 0.0395. The number of piperidine rings is 1. The second kappa shape index (κ2) is 5.56. The van der Waals surface area contributed by atoms with Gasteiger partial charge in [-0.15, -0.1) is 0 Å². The minimum Gasteiger partial charge on any atom is -0.337 e. The van der Waals surface area contributed by atoms with E-state index in [1.165, 1.54) is 4.90 Å². The number of nitrogens with two attached hydrogens (primary N) is 1. The molecule has 2 rings (SSSR count). The number of imide groups is 1. The van der Waals surface area contributed by atoms with E-state index in [1.54, 1.807) is 4.90 Å². The molecule has 0 aliphatic carbocycles. The van der Waals surface area contributed by atoms with Gasteiger partial charge in [-0.2, -0.15) is 0 Å². The molecular formula is C12H20N4O3. The van der Waals surface area contributed by atoms with E-state index < -0.39 is 6.03 Å². The molecule has 0 bridgehead atoms. The maximum absolute atomic E-state index is 12.2. The number of nitrogens with one attached hydrogen (secondary N) is 1. The lowest BCUT2D eigenvalue weighted by Gasteiger charge is -2.38. The fraction of sp³-hybridized carbons (Fsp3) is 0.750. The number of rotatable bonds is 3. The second-order valence-corrected chi connectivity index (χ2v) is 5.32. The Kier molecular flexibility index (Phi) is 4.04. The van der Waals surface area contributed by atoms with Gasteiger partial charge >= 0.3 is 6.03 Å².